The van der Waals surface area contributed by atoms with Gasteiger partial charge in [0.25, 0.3) is 0 Å². The second-order valence-electron chi connectivity index (χ2n) is 9.18. The lowest BCUT2D eigenvalue weighted by molar-refractivity contribution is -0.112. The molecule has 3 nitrogen and oxygen atoms in total. The molecule has 3 heteroatoms. The van der Waals surface area contributed by atoms with E-state index < -0.39 is 0 Å². The van der Waals surface area contributed by atoms with Crippen molar-refractivity contribution in [2.24, 2.45) is 16.7 Å². The van der Waals surface area contributed by atoms with Gasteiger partial charge in [0.05, 0.1) is 5.69 Å². The molecule has 2 atom stereocenters. The normalized spacial score (nSPS) is 46.9. The number of nitrogens with zero attached hydrogens (tertiary/aromatic N) is 2. The predicted octanol–water partition coefficient (Wildman–Crippen LogP) is 3.33. The van der Waals surface area contributed by atoms with E-state index in [-0.39, 0.29) is 5.41 Å². The van der Waals surface area contributed by atoms with E-state index in [1.807, 2.05) is 0 Å². The summed E-state index contributed by atoms with van der Waals surface area (Å²) in [6, 6.07) is 0. The van der Waals surface area contributed by atoms with Gasteiger partial charge in [-0.05, 0) is 55.3 Å². The molecule has 1 aromatic rings. The Morgan fingerprint density at radius 1 is 1.05 bits per heavy atom. The van der Waals surface area contributed by atoms with Crippen LogP contribution in [0.5, 0.6) is 0 Å². The zero-order valence-corrected chi connectivity index (χ0v) is 13.2. The van der Waals surface area contributed by atoms with Crippen molar-refractivity contribution in [3.63, 3.8) is 0 Å². The molecule has 6 rings (SSSR count). The molecule has 0 spiro atoms. The summed E-state index contributed by atoms with van der Waals surface area (Å²) in [7, 11) is 0. The fraction of sp³-hybridized carbons (Fsp3) is 0.778. The van der Waals surface area contributed by atoms with Gasteiger partial charge in [-0.2, -0.15) is 0 Å². The number of nitrogens with one attached hydrogen (secondary N) is 1. The highest BCUT2D eigenvalue weighted by Crippen LogP contribution is 2.69. The minimum atomic E-state index is 0.278. The van der Waals surface area contributed by atoms with Gasteiger partial charge in [0.1, 0.15) is 5.82 Å². The van der Waals surface area contributed by atoms with Gasteiger partial charge in [-0.25, -0.2) is 9.97 Å². The van der Waals surface area contributed by atoms with Crippen molar-refractivity contribution >= 4 is 0 Å². The van der Waals surface area contributed by atoms with Crippen LogP contribution in [0, 0.1) is 16.7 Å². The summed E-state index contributed by atoms with van der Waals surface area (Å²) < 4.78 is 0. The number of aromatic nitrogens is 2. The number of fused-ring (bicyclic) bond motifs is 1. The first-order chi connectivity index (χ1) is 9.98. The van der Waals surface area contributed by atoms with Crippen molar-refractivity contribution < 1.29 is 0 Å². The van der Waals surface area contributed by atoms with E-state index in [2.05, 4.69) is 25.4 Å². The molecular formula is C18H25N3. The summed E-state index contributed by atoms with van der Waals surface area (Å²) in [4.78, 5) is 9.88. The summed E-state index contributed by atoms with van der Waals surface area (Å²) >= 11 is 0. The molecule has 4 fully saturated rings. The van der Waals surface area contributed by atoms with E-state index in [0.29, 0.717) is 10.8 Å². The lowest BCUT2D eigenvalue weighted by Gasteiger charge is -2.64. The quantitative estimate of drug-likeness (QED) is 0.859. The van der Waals surface area contributed by atoms with Gasteiger partial charge in [-0.3, -0.25) is 0 Å². The summed E-state index contributed by atoms with van der Waals surface area (Å²) in [6.45, 7) is 6.93. The van der Waals surface area contributed by atoms with Crippen LogP contribution in [-0.4, -0.2) is 9.97 Å². The van der Waals surface area contributed by atoms with Crippen molar-refractivity contribution in [3.8, 4) is 0 Å². The molecule has 4 bridgehead atoms. The molecule has 112 valence electrons. The van der Waals surface area contributed by atoms with E-state index in [1.54, 1.807) is 0 Å². The van der Waals surface area contributed by atoms with Gasteiger partial charge in [0.15, 0.2) is 0 Å². The van der Waals surface area contributed by atoms with Crippen molar-refractivity contribution in [2.45, 2.75) is 70.9 Å². The van der Waals surface area contributed by atoms with Gasteiger partial charge in [0.2, 0.25) is 0 Å². The molecule has 0 saturated heterocycles. The molecule has 1 aliphatic heterocycles. The molecule has 4 saturated carbocycles. The van der Waals surface area contributed by atoms with Gasteiger partial charge < -0.3 is 5.32 Å². The average molecular weight is 283 g/mol. The Labute approximate surface area is 127 Å². The van der Waals surface area contributed by atoms with Crippen LogP contribution in [0.2, 0.25) is 0 Å². The highest BCUT2D eigenvalue weighted by Gasteiger charge is 2.61. The van der Waals surface area contributed by atoms with E-state index in [4.69, 9.17) is 9.97 Å². The van der Waals surface area contributed by atoms with E-state index in [0.717, 1.165) is 19.0 Å². The summed E-state index contributed by atoms with van der Waals surface area (Å²) in [6.07, 6.45) is 10.4. The van der Waals surface area contributed by atoms with Crippen LogP contribution < -0.4 is 5.32 Å². The Balaban J connectivity index is 1.62. The highest BCUT2D eigenvalue weighted by molar-refractivity contribution is 5.27. The van der Waals surface area contributed by atoms with Gasteiger partial charge in [-0.15, -0.1) is 0 Å². The second kappa shape index (κ2) is 3.68. The fourth-order valence-electron chi connectivity index (χ4n) is 7.01. The highest BCUT2D eigenvalue weighted by atomic mass is 15.0. The first-order valence-corrected chi connectivity index (χ1v) is 8.54. The van der Waals surface area contributed by atoms with Gasteiger partial charge >= 0.3 is 0 Å². The van der Waals surface area contributed by atoms with Gasteiger partial charge in [-0.1, -0.05) is 13.8 Å². The molecule has 1 N–H and O–H groups in total. The summed E-state index contributed by atoms with van der Waals surface area (Å²) in [5.41, 5.74) is 3.91. The van der Waals surface area contributed by atoms with Crippen LogP contribution in [-0.2, 0) is 18.5 Å². The van der Waals surface area contributed by atoms with Crippen LogP contribution in [0.1, 0.15) is 69.5 Å². The van der Waals surface area contributed by atoms with E-state index in [1.165, 1.54) is 55.6 Å². The molecule has 21 heavy (non-hydrogen) atoms. The maximum absolute atomic E-state index is 5.03. The van der Waals surface area contributed by atoms with Crippen LogP contribution >= 0.6 is 0 Å². The first kappa shape index (κ1) is 12.6. The number of rotatable bonds is 1. The molecular weight excluding hydrogens is 258 g/mol. The standard InChI is InChI=1S/C18H25N3/c1-16-3-12-4-17(2,9-16)11-18(5-12,10-16)15-20-7-13-6-19-8-14(13)21-15/h7,12,19H,3-6,8-11H2,1-2H3. The third-order valence-electron chi connectivity index (χ3n) is 6.66. The van der Waals surface area contributed by atoms with Crippen LogP contribution in [0.25, 0.3) is 0 Å². The Bertz CT molecular complexity index is 605. The van der Waals surface area contributed by atoms with Crippen LogP contribution in [0.15, 0.2) is 6.20 Å². The van der Waals surface area contributed by atoms with E-state index in [9.17, 15) is 0 Å². The molecule has 1 aromatic heterocycles. The number of hydrogen-bond donors (Lipinski definition) is 1. The first-order valence-electron chi connectivity index (χ1n) is 8.54. The summed E-state index contributed by atoms with van der Waals surface area (Å²) in [5.74, 6) is 2.08. The Morgan fingerprint density at radius 3 is 2.52 bits per heavy atom. The molecule has 2 unspecified atom stereocenters. The second-order valence-corrected chi connectivity index (χ2v) is 9.18. The Hall–Kier alpha value is -0.960. The van der Waals surface area contributed by atoms with Crippen LogP contribution in [0.3, 0.4) is 0 Å². The fourth-order valence-corrected chi connectivity index (χ4v) is 7.01. The predicted molar refractivity (Wildman–Crippen MR) is 81.7 cm³/mol. The summed E-state index contributed by atoms with van der Waals surface area (Å²) in [5, 5.41) is 3.40. The maximum Gasteiger partial charge on any atom is 0.134 e. The van der Waals surface area contributed by atoms with Crippen molar-refractivity contribution in [2.75, 3.05) is 0 Å². The largest absolute Gasteiger partial charge is 0.307 e. The number of hydrogen-bond acceptors (Lipinski definition) is 3. The topological polar surface area (TPSA) is 37.8 Å². The average Bonchev–Trinajstić information content (AvgIpc) is 2.81. The third kappa shape index (κ3) is 1.70. The smallest absolute Gasteiger partial charge is 0.134 e. The monoisotopic (exact) mass is 283 g/mol. The SMILES string of the molecule is CC12CC3CC(C)(C1)CC(c1ncc4c(n1)CNC4)(C3)C2. The van der Waals surface area contributed by atoms with Crippen LogP contribution in [0.4, 0.5) is 0 Å². The molecule has 2 heterocycles. The molecule has 0 amide bonds. The van der Waals surface area contributed by atoms with Gasteiger partial charge in [0, 0.05) is 30.3 Å². The molecule has 0 aromatic carbocycles. The Morgan fingerprint density at radius 2 is 1.81 bits per heavy atom. The van der Waals surface area contributed by atoms with E-state index >= 15 is 0 Å². The molecule has 0 radical (unpaired) electrons. The molecule has 5 aliphatic rings. The third-order valence-corrected chi connectivity index (χ3v) is 6.66. The Kier molecular flexibility index (Phi) is 2.20. The van der Waals surface area contributed by atoms with Crippen molar-refractivity contribution in [3.05, 3.63) is 23.3 Å². The zero-order chi connectivity index (χ0) is 14.3. The van der Waals surface area contributed by atoms with Crippen molar-refractivity contribution in [1.82, 2.24) is 15.3 Å². The lowest BCUT2D eigenvalue weighted by Crippen LogP contribution is -2.57. The molecule has 4 aliphatic carbocycles. The lowest BCUT2D eigenvalue weighted by atomic mass is 9.40. The minimum absolute atomic E-state index is 0.278. The zero-order valence-electron chi connectivity index (χ0n) is 13.2. The maximum atomic E-state index is 5.03. The van der Waals surface area contributed by atoms with Crippen molar-refractivity contribution in [1.29, 1.82) is 0 Å². The minimum Gasteiger partial charge on any atom is -0.307 e.